The van der Waals surface area contributed by atoms with E-state index < -0.39 is 0 Å². The topological polar surface area (TPSA) is 33.1 Å². The van der Waals surface area contributed by atoms with E-state index in [1.165, 1.54) is 11.1 Å². The number of aromatic hydroxyl groups is 1. The maximum absolute atomic E-state index is 9.76. The Morgan fingerprint density at radius 3 is 2.71 bits per heavy atom. The molecule has 0 saturated heterocycles. The summed E-state index contributed by atoms with van der Waals surface area (Å²) in [5.74, 6) is 0.466. The molecule has 1 aliphatic carbocycles. The van der Waals surface area contributed by atoms with Crippen molar-refractivity contribution in [2.75, 3.05) is 0 Å². The van der Waals surface area contributed by atoms with Crippen molar-refractivity contribution in [1.82, 2.24) is 4.98 Å². The fraction of sp³-hybridized carbons (Fsp3) is 0.211. The summed E-state index contributed by atoms with van der Waals surface area (Å²) in [4.78, 5) is 4.55. The molecular weight excluding hydrogens is 258 g/mol. The smallest absolute Gasteiger partial charge is 0.118 e. The molecule has 0 saturated carbocycles. The number of benzene rings is 1. The third-order valence-corrected chi connectivity index (χ3v) is 3.89. The molecule has 2 nitrogen and oxygen atoms in total. The lowest BCUT2D eigenvalue weighted by atomic mass is 9.84. The molecule has 1 aromatic heterocycles. The predicted octanol–water partition coefficient (Wildman–Crippen LogP) is 4.50. The molecule has 0 radical (unpaired) electrons. The Morgan fingerprint density at radius 1 is 1.14 bits per heavy atom. The molecule has 21 heavy (non-hydrogen) atoms. The number of phenolic OH excluding ortho intramolecular Hbond substituents is 1. The summed E-state index contributed by atoms with van der Waals surface area (Å²) in [7, 11) is 0. The molecule has 1 atom stereocenters. The summed E-state index contributed by atoms with van der Waals surface area (Å²) < 4.78 is 0. The van der Waals surface area contributed by atoms with Gasteiger partial charge in [-0.25, -0.2) is 0 Å². The van der Waals surface area contributed by atoms with E-state index in [0.29, 0.717) is 5.75 Å². The molecule has 0 spiro atoms. The van der Waals surface area contributed by atoms with Crippen molar-refractivity contribution in [2.45, 2.75) is 25.7 Å². The largest absolute Gasteiger partial charge is 0.508 e. The minimum absolute atomic E-state index is 0.127. The van der Waals surface area contributed by atoms with Gasteiger partial charge in [-0.2, -0.15) is 0 Å². The Bertz CT molecular complexity index is 686. The molecule has 106 valence electrons. The molecule has 0 aliphatic heterocycles. The number of allylic oxidation sites excluding steroid dienone is 4. The summed E-state index contributed by atoms with van der Waals surface area (Å²) in [6.45, 7) is 1.93. The van der Waals surface area contributed by atoms with E-state index in [1.54, 1.807) is 6.07 Å². The average Bonchev–Trinajstić information content (AvgIpc) is 2.53. The van der Waals surface area contributed by atoms with Crippen LogP contribution in [0, 0.1) is 6.92 Å². The lowest BCUT2D eigenvalue weighted by Gasteiger charge is -2.21. The van der Waals surface area contributed by atoms with Crippen LogP contribution in [-0.2, 0) is 0 Å². The molecular formula is C19H19NO. The zero-order chi connectivity index (χ0) is 14.7. The number of aromatic nitrogens is 1. The molecule has 1 heterocycles. The van der Waals surface area contributed by atoms with E-state index in [4.69, 9.17) is 0 Å². The fourth-order valence-electron chi connectivity index (χ4n) is 2.79. The van der Waals surface area contributed by atoms with Crippen LogP contribution in [0.4, 0.5) is 0 Å². The number of pyridine rings is 1. The molecule has 3 rings (SSSR count). The van der Waals surface area contributed by atoms with Gasteiger partial charge in [0.05, 0.1) is 11.6 Å². The van der Waals surface area contributed by atoms with Gasteiger partial charge in [0.1, 0.15) is 5.75 Å². The quantitative estimate of drug-likeness (QED) is 0.895. The first-order chi connectivity index (χ1) is 10.3. The van der Waals surface area contributed by atoms with Gasteiger partial charge in [0.25, 0.3) is 0 Å². The second-order valence-corrected chi connectivity index (χ2v) is 5.42. The highest BCUT2D eigenvalue weighted by Crippen LogP contribution is 2.35. The van der Waals surface area contributed by atoms with Gasteiger partial charge in [-0.1, -0.05) is 36.4 Å². The monoisotopic (exact) mass is 277 g/mol. The number of hydrogen-bond acceptors (Lipinski definition) is 2. The highest BCUT2D eigenvalue weighted by Gasteiger charge is 2.20. The molecule has 0 fully saturated rings. The van der Waals surface area contributed by atoms with E-state index in [0.717, 1.165) is 24.1 Å². The average molecular weight is 277 g/mol. The molecule has 1 aliphatic rings. The number of nitrogens with zero attached hydrogens (tertiary/aromatic N) is 1. The van der Waals surface area contributed by atoms with Crippen molar-refractivity contribution >= 4 is 0 Å². The fourth-order valence-corrected chi connectivity index (χ4v) is 2.79. The zero-order valence-electron chi connectivity index (χ0n) is 12.2. The molecule has 1 unspecified atom stereocenters. The SMILES string of the molecule is Cc1cc(C(C2=CCCC=C2)c2ccccn2)ccc1O. The zero-order valence-corrected chi connectivity index (χ0v) is 12.2. The van der Waals surface area contributed by atoms with Crippen LogP contribution in [0.15, 0.2) is 66.4 Å². The Hall–Kier alpha value is -2.35. The molecule has 0 bridgehead atoms. The van der Waals surface area contributed by atoms with Crippen molar-refractivity contribution < 1.29 is 5.11 Å². The molecule has 2 aromatic rings. The molecule has 1 N–H and O–H groups in total. The van der Waals surface area contributed by atoms with Gasteiger partial charge in [-0.3, -0.25) is 4.98 Å². The van der Waals surface area contributed by atoms with Gasteiger partial charge in [0.2, 0.25) is 0 Å². The third-order valence-electron chi connectivity index (χ3n) is 3.89. The Labute approximate surface area is 125 Å². The second kappa shape index (κ2) is 5.96. The molecule has 2 heteroatoms. The first-order valence-corrected chi connectivity index (χ1v) is 7.33. The van der Waals surface area contributed by atoms with E-state index in [2.05, 4.69) is 35.3 Å². The first-order valence-electron chi connectivity index (χ1n) is 7.33. The number of aryl methyl sites for hydroxylation is 1. The third kappa shape index (κ3) is 2.89. The number of rotatable bonds is 3. The van der Waals surface area contributed by atoms with E-state index in [9.17, 15) is 5.11 Å². The summed E-state index contributed by atoms with van der Waals surface area (Å²) in [5, 5.41) is 9.76. The number of phenols is 1. The van der Waals surface area contributed by atoms with Crippen LogP contribution in [0.1, 0.15) is 35.6 Å². The first kappa shape index (κ1) is 13.6. The van der Waals surface area contributed by atoms with Gasteiger partial charge in [-0.15, -0.1) is 0 Å². The van der Waals surface area contributed by atoms with Gasteiger partial charge in [0.15, 0.2) is 0 Å². The van der Waals surface area contributed by atoms with Crippen molar-refractivity contribution in [3.8, 4) is 5.75 Å². The second-order valence-electron chi connectivity index (χ2n) is 5.42. The normalized spacial score (nSPS) is 15.6. The Morgan fingerprint density at radius 2 is 2.05 bits per heavy atom. The van der Waals surface area contributed by atoms with E-state index in [-0.39, 0.29) is 5.92 Å². The van der Waals surface area contributed by atoms with Gasteiger partial charge in [-0.05, 0) is 54.7 Å². The maximum atomic E-state index is 9.76. The highest BCUT2D eigenvalue weighted by molar-refractivity contribution is 5.47. The van der Waals surface area contributed by atoms with Crippen molar-refractivity contribution in [3.63, 3.8) is 0 Å². The van der Waals surface area contributed by atoms with Crippen LogP contribution in [0.25, 0.3) is 0 Å². The van der Waals surface area contributed by atoms with Crippen LogP contribution in [0.3, 0.4) is 0 Å². The minimum atomic E-state index is 0.127. The van der Waals surface area contributed by atoms with Crippen molar-refractivity contribution in [2.24, 2.45) is 0 Å². The Balaban J connectivity index is 2.09. The van der Waals surface area contributed by atoms with Crippen LogP contribution in [0.5, 0.6) is 5.75 Å². The molecule has 1 aromatic carbocycles. The van der Waals surface area contributed by atoms with Crippen LogP contribution in [0.2, 0.25) is 0 Å². The van der Waals surface area contributed by atoms with Crippen LogP contribution < -0.4 is 0 Å². The van der Waals surface area contributed by atoms with Gasteiger partial charge < -0.3 is 5.11 Å². The highest BCUT2D eigenvalue weighted by atomic mass is 16.3. The summed E-state index contributed by atoms with van der Waals surface area (Å²) in [6.07, 6.45) is 10.7. The van der Waals surface area contributed by atoms with Crippen molar-refractivity contribution in [1.29, 1.82) is 0 Å². The van der Waals surface area contributed by atoms with Crippen molar-refractivity contribution in [3.05, 3.63) is 83.2 Å². The lowest BCUT2D eigenvalue weighted by Crippen LogP contribution is -2.07. The maximum Gasteiger partial charge on any atom is 0.118 e. The summed E-state index contributed by atoms with van der Waals surface area (Å²) in [6, 6.07) is 11.8. The van der Waals surface area contributed by atoms with Crippen LogP contribution >= 0.6 is 0 Å². The van der Waals surface area contributed by atoms with E-state index >= 15 is 0 Å². The lowest BCUT2D eigenvalue weighted by molar-refractivity contribution is 0.471. The summed E-state index contributed by atoms with van der Waals surface area (Å²) >= 11 is 0. The number of hydrogen-bond donors (Lipinski definition) is 1. The van der Waals surface area contributed by atoms with Gasteiger partial charge >= 0.3 is 0 Å². The Kier molecular flexibility index (Phi) is 3.87. The summed E-state index contributed by atoms with van der Waals surface area (Å²) in [5.41, 5.74) is 4.39. The van der Waals surface area contributed by atoms with Gasteiger partial charge in [0, 0.05) is 6.20 Å². The van der Waals surface area contributed by atoms with Crippen LogP contribution in [-0.4, -0.2) is 10.1 Å². The standard InChI is InChI=1S/C19H19NO/c1-14-13-16(10-11-18(14)21)19(15-7-3-2-4-8-15)17-9-5-6-12-20-17/h3,5-13,19,21H,2,4H2,1H3. The predicted molar refractivity (Wildman–Crippen MR) is 85.4 cm³/mol. The van der Waals surface area contributed by atoms with E-state index in [1.807, 2.05) is 31.3 Å². The minimum Gasteiger partial charge on any atom is -0.508 e. The molecule has 0 amide bonds.